The van der Waals surface area contributed by atoms with Gasteiger partial charge in [-0.2, -0.15) is 0 Å². The lowest BCUT2D eigenvalue weighted by atomic mass is 10.1. The average Bonchev–Trinajstić information content (AvgIpc) is 3.10. The lowest BCUT2D eigenvalue weighted by Crippen LogP contribution is -2.34. The molecule has 1 saturated carbocycles. The first-order chi connectivity index (χ1) is 9.65. The van der Waals surface area contributed by atoms with Gasteiger partial charge in [0.15, 0.2) is 5.16 Å². The molecule has 20 heavy (non-hydrogen) atoms. The number of carbonyl (C=O) groups excluding carboxylic acids is 1. The molecule has 0 aromatic carbocycles. The van der Waals surface area contributed by atoms with Crippen molar-refractivity contribution in [3.05, 3.63) is 11.8 Å². The highest BCUT2D eigenvalue weighted by molar-refractivity contribution is 7.98. The Morgan fingerprint density at radius 2 is 2.20 bits per heavy atom. The maximum Gasteiger partial charge on any atom is 0.225 e. The van der Waals surface area contributed by atoms with E-state index in [4.69, 9.17) is 0 Å². The molecule has 5 nitrogen and oxygen atoms in total. The second-order valence-corrected chi connectivity index (χ2v) is 6.34. The maximum absolute atomic E-state index is 12.1. The van der Waals surface area contributed by atoms with Gasteiger partial charge in [0.1, 0.15) is 5.82 Å². The molecule has 1 amide bonds. The molecular formula is C14H20N4OS. The molecule has 2 aliphatic rings. The number of aryl methyl sites for hydroxylation is 1. The summed E-state index contributed by atoms with van der Waals surface area (Å²) in [5, 5.41) is 3.90. The van der Waals surface area contributed by atoms with E-state index in [0.29, 0.717) is 6.04 Å². The molecule has 2 fully saturated rings. The Morgan fingerprint density at radius 3 is 2.90 bits per heavy atom. The minimum atomic E-state index is 0.101. The number of carbonyl (C=O) groups is 1. The molecule has 2 heterocycles. The fourth-order valence-corrected chi connectivity index (χ4v) is 2.93. The molecule has 0 spiro atoms. The number of hydrogen-bond donors (Lipinski definition) is 1. The summed E-state index contributed by atoms with van der Waals surface area (Å²) >= 11 is 1.55. The molecule has 1 unspecified atom stereocenters. The van der Waals surface area contributed by atoms with Gasteiger partial charge in [0.2, 0.25) is 5.91 Å². The first-order valence-corrected chi connectivity index (χ1v) is 8.33. The molecule has 1 N–H and O–H groups in total. The highest BCUT2D eigenvalue weighted by Crippen LogP contribution is 2.26. The zero-order chi connectivity index (χ0) is 14.1. The summed E-state index contributed by atoms with van der Waals surface area (Å²) in [6.45, 7) is 3.65. The summed E-state index contributed by atoms with van der Waals surface area (Å²) in [7, 11) is 0. The number of nitrogens with zero attached hydrogens (tertiary/aromatic N) is 3. The van der Waals surface area contributed by atoms with Crippen LogP contribution in [-0.2, 0) is 4.79 Å². The van der Waals surface area contributed by atoms with Crippen molar-refractivity contribution in [3.8, 4) is 0 Å². The van der Waals surface area contributed by atoms with Crippen LogP contribution in [0.2, 0.25) is 0 Å². The van der Waals surface area contributed by atoms with Gasteiger partial charge < -0.3 is 10.2 Å². The zero-order valence-electron chi connectivity index (χ0n) is 11.9. The van der Waals surface area contributed by atoms with Crippen LogP contribution in [0.15, 0.2) is 11.2 Å². The van der Waals surface area contributed by atoms with Gasteiger partial charge in [-0.15, -0.1) is 0 Å². The monoisotopic (exact) mass is 292 g/mol. The van der Waals surface area contributed by atoms with E-state index in [1.54, 1.807) is 11.8 Å². The highest BCUT2D eigenvalue weighted by atomic mass is 32.2. The number of aromatic nitrogens is 2. The highest BCUT2D eigenvalue weighted by Gasteiger charge is 2.32. The van der Waals surface area contributed by atoms with Gasteiger partial charge in [0.05, 0.1) is 5.92 Å². The summed E-state index contributed by atoms with van der Waals surface area (Å²) in [6.07, 6.45) is 5.18. The minimum absolute atomic E-state index is 0.101. The quantitative estimate of drug-likeness (QED) is 0.675. The van der Waals surface area contributed by atoms with Crippen LogP contribution >= 0.6 is 11.8 Å². The molecule has 0 radical (unpaired) electrons. The van der Waals surface area contributed by atoms with Crippen molar-refractivity contribution in [2.75, 3.05) is 24.2 Å². The molecule has 6 heteroatoms. The van der Waals surface area contributed by atoms with E-state index >= 15 is 0 Å². The lowest BCUT2D eigenvalue weighted by molar-refractivity contribution is -0.124. The van der Waals surface area contributed by atoms with E-state index in [-0.39, 0.29) is 11.8 Å². The molecular weight excluding hydrogens is 272 g/mol. The van der Waals surface area contributed by atoms with E-state index in [1.807, 2.05) is 19.2 Å². The van der Waals surface area contributed by atoms with Crippen LogP contribution in [-0.4, -0.2) is 41.3 Å². The van der Waals surface area contributed by atoms with Crippen LogP contribution in [0.3, 0.4) is 0 Å². The second-order valence-electron chi connectivity index (χ2n) is 5.57. The molecule has 1 aliphatic heterocycles. The summed E-state index contributed by atoms with van der Waals surface area (Å²) in [6, 6.07) is 2.45. The van der Waals surface area contributed by atoms with Crippen LogP contribution in [0.1, 0.15) is 25.0 Å². The lowest BCUT2D eigenvalue weighted by Gasteiger charge is -2.18. The van der Waals surface area contributed by atoms with E-state index in [2.05, 4.69) is 20.2 Å². The molecule has 108 valence electrons. The first kappa shape index (κ1) is 13.7. The van der Waals surface area contributed by atoms with E-state index in [0.717, 1.165) is 49.0 Å². The molecule has 3 rings (SSSR count). The molecule has 1 aromatic rings. The van der Waals surface area contributed by atoms with E-state index < -0.39 is 0 Å². The van der Waals surface area contributed by atoms with Crippen molar-refractivity contribution in [1.82, 2.24) is 15.3 Å². The van der Waals surface area contributed by atoms with Crippen molar-refractivity contribution in [2.45, 2.75) is 37.4 Å². The summed E-state index contributed by atoms with van der Waals surface area (Å²) in [4.78, 5) is 23.2. The van der Waals surface area contributed by atoms with Gasteiger partial charge in [-0.1, -0.05) is 11.8 Å². The van der Waals surface area contributed by atoms with Gasteiger partial charge in [-0.05, 0) is 32.4 Å². The number of thioether (sulfide) groups is 1. The molecule has 1 atom stereocenters. The zero-order valence-corrected chi connectivity index (χ0v) is 12.7. The van der Waals surface area contributed by atoms with E-state index in [1.165, 1.54) is 0 Å². The summed E-state index contributed by atoms with van der Waals surface area (Å²) in [5.41, 5.74) is 0.977. The number of hydrogen-bond acceptors (Lipinski definition) is 5. The van der Waals surface area contributed by atoms with Crippen molar-refractivity contribution < 1.29 is 4.79 Å². The predicted octanol–water partition coefficient (Wildman–Crippen LogP) is 1.61. The number of amides is 1. The van der Waals surface area contributed by atoms with Gasteiger partial charge in [-0.3, -0.25) is 4.79 Å². The average molecular weight is 292 g/mol. The number of nitrogens with one attached hydrogen (secondary N) is 1. The van der Waals surface area contributed by atoms with Gasteiger partial charge in [0.25, 0.3) is 0 Å². The Balaban J connectivity index is 1.66. The Hall–Kier alpha value is -1.30. The maximum atomic E-state index is 12.1. The van der Waals surface area contributed by atoms with Gasteiger partial charge in [-0.25, -0.2) is 9.97 Å². The Bertz CT molecular complexity index is 518. The smallest absolute Gasteiger partial charge is 0.225 e. The van der Waals surface area contributed by atoms with Gasteiger partial charge in [0, 0.05) is 30.9 Å². The Morgan fingerprint density at radius 1 is 1.40 bits per heavy atom. The van der Waals surface area contributed by atoms with Crippen LogP contribution in [0, 0.1) is 12.8 Å². The largest absolute Gasteiger partial charge is 0.356 e. The molecule has 1 aliphatic carbocycles. The topological polar surface area (TPSA) is 58.1 Å². The Labute approximate surface area is 123 Å². The Kier molecular flexibility index (Phi) is 3.83. The summed E-state index contributed by atoms with van der Waals surface area (Å²) in [5.74, 6) is 1.26. The molecule has 0 bridgehead atoms. The van der Waals surface area contributed by atoms with Crippen LogP contribution in [0.4, 0.5) is 5.82 Å². The molecule has 1 saturated heterocycles. The third-order valence-electron chi connectivity index (χ3n) is 3.81. The minimum Gasteiger partial charge on any atom is -0.356 e. The van der Waals surface area contributed by atoms with Gasteiger partial charge >= 0.3 is 0 Å². The number of rotatable bonds is 4. The van der Waals surface area contributed by atoms with Crippen LogP contribution < -0.4 is 10.2 Å². The van der Waals surface area contributed by atoms with E-state index in [9.17, 15) is 4.79 Å². The molecule has 1 aromatic heterocycles. The van der Waals surface area contributed by atoms with Crippen molar-refractivity contribution >= 4 is 23.5 Å². The predicted molar refractivity (Wildman–Crippen MR) is 80.0 cm³/mol. The van der Waals surface area contributed by atoms with Crippen LogP contribution in [0.5, 0.6) is 0 Å². The SMILES string of the molecule is CSc1nc(C)cc(N2CCC(C(=O)NC3CC3)C2)n1. The van der Waals surface area contributed by atoms with Crippen molar-refractivity contribution in [1.29, 1.82) is 0 Å². The third-order valence-corrected chi connectivity index (χ3v) is 4.36. The standard InChI is InChI=1S/C14H20N4OS/c1-9-7-12(17-14(15-9)20-2)18-6-5-10(8-18)13(19)16-11-3-4-11/h7,10-11H,3-6,8H2,1-2H3,(H,16,19). The summed E-state index contributed by atoms with van der Waals surface area (Å²) < 4.78 is 0. The fourth-order valence-electron chi connectivity index (χ4n) is 2.51. The van der Waals surface area contributed by atoms with Crippen molar-refractivity contribution in [2.24, 2.45) is 5.92 Å². The second kappa shape index (κ2) is 5.60. The number of anilines is 1. The van der Waals surface area contributed by atoms with Crippen molar-refractivity contribution in [3.63, 3.8) is 0 Å². The third kappa shape index (κ3) is 3.06. The first-order valence-electron chi connectivity index (χ1n) is 7.10. The fraction of sp³-hybridized carbons (Fsp3) is 0.643. The van der Waals surface area contributed by atoms with Crippen LogP contribution in [0.25, 0.3) is 0 Å². The normalized spacial score (nSPS) is 22.1.